The molecule has 0 spiro atoms. The van der Waals surface area contributed by atoms with Gasteiger partial charge in [0.25, 0.3) is 11.8 Å². The molecule has 27 heavy (non-hydrogen) atoms. The first kappa shape index (κ1) is 18.2. The Morgan fingerprint density at radius 1 is 1.07 bits per heavy atom. The molecule has 0 saturated carbocycles. The maximum absolute atomic E-state index is 12.1. The van der Waals surface area contributed by atoms with Crippen molar-refractivity contribution in [2.24, 2.45) is 0 Å². The molecule has 0 aliphatic rings. The zero-order chi connectivity index (χ0) is 19.4. The maximum atomic E-state index is 12.1. The molecule has 140 valence electrons. The van der Waals surface area contributed by atoms with Gasteiger partial charge >= 0.3 is 6.01 Å². The number of ether oxygens (including phenoxy) is 2. The number of nitrogens with zero attached hydrogens (tertiary/aromatic N) is 2. The van der Waals surface area contributed by atoms with E-state index in [2.05, 4.69) is 15.5 Å². The summed E-state index contributed by atoms with van der Waals surface area (Å²) in [5.74, 6) is 2.48. The molecule has 0 radical (unpaired) electrons. The van der Waals surface area contributed by atoms with Gasteiger partial charge in [-0.2, -0.15) is 0 Å². The minimum absolute atomic E-state index is 0.00483. The zero-order valence-electron chi connectivity index (χ0n) is 15.4. The molecule has 2 aromatic heterocycles. The monoisotopic (exact) mass is 369 g/mol. The number of methoxy groups -OCH3 is 2. The summed E-state index contributed by atoms with van der Waals surface area (Å²) in [7, 11) is 3.11. The zero-order valence-corrected chi connectivity index (χ0v) is 15.4. The lowest BCUT2D eigenvalue weighted by Crippen LogP contribution is -2.07. The second-order valence-corrected chi connectivity index (χ2v) is 5.68. The molecule has 3 rings (SSSR count). The second kappa shape index (κ2) is 7.77. The lowest BCUT2D eigenvalue weighted by Gasteiger charge is -2.07. The number of benzene rings is 1. The number of aryl methyl sites for hydroxylation is 2. The summed E-state index contributed by atoms with van der Waals surface area (Å²) >= 11 is 0. The van der Waals surface area contributed by atoms with Crippen LogP contribution < -0.4 is 14.8 Å². The molecule has 8 heteroatoms. The first-order valence-electron chi connectivity index (χ1n) is 8.12. The molecule has 1 N–H and O–H groups in total. The van der Waals surface area contributed by atoms with Crippen LogP contribution in [-0.4, -0.2) is 30.3 Å². The molecular formula is C19H19N3O5. The molecule has 0 atom stereocenters. The number of carbonyl (C=O) groups is 1. The summed E-state index contributed by atoms with van der Waals surface area (Å²) in [6.45, 7) is 3.63. The highest BCUT2D eigenvalue weighted by atomic mass is 16.5. The number of furan rings is 1. The highest BCUT2D eigenvalue weighted by Gasteiger charge is 2.15. The van der Waals surface area contributed by atoms with Crippen molar-refractivity contribution >= 4 is 18.0 Å². The lowest BCUT2D eigenvalue weighted by molar-refractivity contribution is -0.112. The molecule has 0 unspecified atom stereocenters. The van der Waals surface area contributed by atoms with E-state index in [1.165, 1.54) is 6.08 Å². The van der Waals surface area contributed by atoms with E-state index in [4.69, 9.17) is 18.3 Å². The fourth-order valence-electron chi connectivity index (χ4n) is 2.50. The molecule has 0 bridgehead atoms. The third-order valence-corrected chi connectivity index (χ3v) is 3.76. The summed E-state index contributed by atoms with van der Waals surface area (Å²) in [5.41, 5.74) is 1.47. The number of hydrogen-bond acceptors (Lipinski definition) is 7. The van der Waals surface area contributed by atoms with Gasteiger partial charge in [0, 0.05) is 6.08 Å². The Labute approximate surface area is 155 Å². The largest absolute Gasteiger partial charge is 0.493 e. The molecule has 3 aromatic rings. The highest BCUT2D eigenvalue weighted by molar-refractivity contribution is 6.00. The Hall–Kier alpha value is -3.55. The molecule has 8 nitrogen and oxygen atoms in total. The minimum Gasteiger partial charge on any atom is -0.493 e. The molecule has 0 aliphatic heterocycles. The van der Waals surface area contributed by atoms with Crippen LogP contribution in [0, 0.1) is 13.8 Å². The van der Waals surface area contributed by atoms with E-state index in [9.17, 15) is 4.79 Å². The van der Waals surface area contributed by atoms with Crippen molar-refractivity contribution in [3.63, 3.8) is 0 Å². The van der Waals surface area contributed by atoms with Gasteiger partial charge in [-0.25, -0.2) is 0 Å². The normalized spacial score (nSPS) is 11.0. The predicted octanol–water partition coefficient (Wildman–Crippen LogP) is 3.62. The number of rotatable bonds is 6. The van der Waals surface area contributed by atoms with E-state index >= 15 is 0 Å². The second-order valence-electron chi connectivity index (χ2n) is 5.68. The van der Waals surface area contributed by atoms with Crippen LogP contribution in [0.1, 0.15) is 17.1 Å². The van der Waals surface area contributed by atoms with Crippen molar-refractivity contribution in [3.05, 3.63) is 47.4 Å². The van der Waals surface area contributed by atoms with E-state index in [0.717, 1.165) is 11.3 Å². The molecule has 0 saturated heterocycles. The van der Waals surface area contributed by atoms with Crippen molar-refractivity contribution in [2.75, 3.05) is 19.5 Å². The summed E-state index contributed by atoms with van der Waals surface area (Å²) in [5, 5.41) is 10.3. The van der Waals surface area contributed by atoms with E-state index in [0.29, 0.717) is 22.8 Å². The molecule has 1 aromatic carbocycles. The first-order chi connectivity index (χ1) is 13.0. The van der Waals surface area contributed by atoms with Crippen molar-refractivity contribution in [1.29, 1.82) is 0 Å². The van der Waals surface area contributed by atoms with E-state index < -0.39 is 5.91 Å². The Balaban J connectivity index is 1.68. The van der Waals surface area contributed by atoms with Crippen LogP contribution in [0.15, 0.2) is 39.2 Å². The molecule has 2 heterocycles. The quantitative estimate of drug-likeness (QED) is 0.662. The summed E-state index contributed by atoms with van der Waals surface area (Å²) in [6, 6.07) is 7.13. The Bertz CT molecular complexity index is 987. The van der Waals surface area contributed by atoms with Crippen molar-refractivity contribution in [2.45, 2.75) is 13.8 Å². The van der Waals surface area contributed by atoms with Gasteiger partial charge in [-0.15, -0.1) is 5.10 Å². The van der Waals surface area contributed by atoms with Crippen molar-refractivity contribution in [3.8, 4) is 23.0 Å². The molecule has 0 aliphatic carbocycles. The van der Waals surface area contributed by atoms with E-state index in [-0.39, 0.29) is 11.9 Å². The van der Waals surface area contributed by atoms with Gasteiger partial charge in [0.15, 0.2) is 11.5 Å². The van der Waals surface area contributed by atoms with Crippen LogP contribution >= 0.6 is 0 Å². The van der Waals surface area contributed by atoms with Crippen LogP contribution in [0.3, 0.4) is 0 Å². The summed E-state index contributed by atoms with van der Waals surface area (Å²) < 4.78 is 21.3. The van der Waals surface area contributed by atoms with Crippen LogP contribution in [0.2, 0.25) is 0 Å². The van der Waals surface area contributed by atoms with Gasteiger partial charge in [-0.3, -0.25) is 10.1 Å². The van der Waals surface area contributed by atoms with E-state index in [1.807, 2.05) is 6.92 Å². The van der Waals surface area contributed by atoms with Crippen LogP contribution in [0.5, 0.6) is 11.5 Å². The van der Waals surface area contributed by atoms with Gasteiger partial charge < -0.3 is 18.3 Å². The Morgan fingerprint density at radius 2 is 1.85 bits per heavy atom. The van der Waals surface area contributed by atoms with E-state index in [1.54, 1.807) is 51.5 Å². The predicted molar refractivity (Wildman–Crippen MR) is 98.7 cm³/mol. The topological polar surface area (TPSA) is 99.6 Å². The highest BCUT2D eigenvalue weighted by Crippen LogP contribution is 2.28. The standard InChI is InChI=1S/C19H19N3O5/c1-11-9-14(12(2)26-11)18-21-22-19(27-18)20-17(23)8-6-13-5-7-15(24-3)16(10-13)25-4/h5-10H,1-4H3,(H,20,22,23). The van der Waals surface area contributed by atoms with Gasteiger partial charge in [-0.05, 0) is 43.7 Å². The van der Waals surface area contributed by atoms with Crippen LogP contribution in [0.4, 0.5) is 6.01 Å². The number of nitrogens with one attached hydrogen (secondary N) is 1. The SMILES string of the molecule is COc1ccc(C=CC(=O)Nc2nnc(-c3cc(C)oc3C)o2)cc1OC. The van der Waals surface area contributed by atoms with Gasteiger partial charge in [0.2, 0.25) is 0 Å². The molecular weight excluding hydrogens is 350 g/mol. The Morgan fingerprint density at radius 3 is 2.52 bits per heavy atom. The number of anilines is 1. The van der Waals surface area contributed by atoms with Gasteiger partial charge in [0.05, 0.1) is 19.8 Å². The summed E-state index contributed by atoms with van der Waals surface area (Å²) in [6.07, 6.45) is 3.00. The number of carbonyl (C=O) groups excluding carboxylic acids is 1. The minimum atomic E-state index is -0.403. The maximum Gasteiger partial charge on any atom is 0.322 e. The molecule has 0 fully saturated rings. The first-order valence-corrected chi connectivity index (χ1v) is 8.12. The third-order valence-electron chi connectivity index (χ3n) is 3.76. The number of amides is 1. The summed E-state index contributed by atoms with van der Waals surface area (Å²) in [4.78, 5) is 12.1. The molecule has 1 amide bonds. The van der Waals surface area contributed by atoms with Crippen molar-refractivity contribution in [1.82, 2.24) is 10.2 Å². The fraction of sp³-hybridized carbons (Fsp3) is 0.211. The van der Waals surface area contributed by atoms with Gasteiger partial charge in [-0.1, -0.05) is 11.2 Å². The number of hydrogen-bond donors (Lipinski definition) is 1. The number of aromatic nitrogens is 2. The average molecular weight is 369 g/mol. The fourth-order valence-corrected chi connectivity index (χ4v) is 2.50. The van der Waals surface area contributed by atoms with Crippen molar-refractivity contribution < 1.29 is 23.1 Å². The smallest absolute Gasteiger partial charge is 0.322 e. The van der Waals surface area contributed by atoms with Gasteiger partial charge in [0.1, 0.15) is 11.5 Å². The third kappa shape index (κ3) is 4.17. The van der Waals surface area contributed by atoms with Crippen LogP contribution in [0.25, 0.3) is 17.5 Å². The average Bonchev–Trinajstić information content (AvgIpc) is 3.25. The van der Waals surface area contributed by atoms with Crippen LogP contribution in [-0.2, 0) is 4.79 Å². The lowest BCUT2D eigenvalue weighted by atomic mass is 10.2. The Kier molecular flexibility index (Phi) is 5.25.